The maximum absolute atomic E-state index is 10.7. The number of esters is 1. The van der Waals surface area contributed by atoms with Gasteiger partial charge in [0.25, 0.3) is 5.78 Å². The molecule has 4 N–H and O–H groups in total. The van der Waals surface area contributed by atoms with E-state index in [1.807, 2.05) is 0 Å². The second kappa shape index (κ2) is 5.70. The summed E-state index contributed by atoms with van der Waals surface area (Å²) in [6.45, 7) is -0.610. The lowest BCUT2D eigenvalue weighted by Gasteiger charge is -2.06. The SMILES string of the molecule is N[C@@H](COC(=O)CC(=O)C(=O)O)C(=O)O. The third-order valence-corrected chi connectivity index (χ3v) is 1.28. The fourth-order valence-electron chi connectivity index (χ4n) is 0.512. The van der Waals surface area contributed by atoms with E-state index in [4.69, 9.17) is 15.9 Å². The second-order valence-corrected chi connectivity index (χ2v) is 2.53. The van der Waals surface area contributed by atoms with E-state index in [2.05, 4.69) is 4.74 Å². The lowest BCUT2D eigenvalue weighted by Crippen LogP contribution is -2.36. The molecule has 0 spiro atoms. The van der Waals surface area contributed by atoms with Crippen molar-refractivity contribution >= 4 is 23.7 Å². The molecule has 15 heavy (non-hydrogen) atoms. The van der Waals surface area contributed by atoms with Crippen LogP contribution in [0.1, 0.15) is 6.42 Å². The number of carbonyl (C=O) groups excluding carboxylic acids is 2. The minimum atomic E-state index is -1.76. The molecule has 0 saturated heterocycles. The Bertz CT molecular complexity index is 298. The third kappa shape index (κ3) is 5.37. The predicted molar refractivity (Wildman–Crippen MR) is 43.8 cm³/mol. The molecule has 0 aromatic heterocycles. The molecule has 1 atom stereocenters. The summed E-state index contributed by atoms with van der Waals surface area (Å²) < 4.78 is 4.26. The van der Waals surface area contributed by atoms with Crippen molar-refractivity contribution in [1.29, 1.82) is 0 Å². The van der Waals surface area contributed by atoms with E-state index in [0.29, 0.717) is 0 Å². The summed E-state index contributed by atoms with van der Waals surface area (Å²) in [6, 6.07) is -1.39. The van der Waals surface area contributed by atoms with Gasteiger partial charge in [0.15, 0.2) is 0 Å². The topological polar surface area (TPSA) is 144 Å². The van der Waals surface area contributed by atoms with Gasteiger partial charge in [0.05, 0.1) is 0 Å². The Morgan fingerprint density at radius 2 is 1.73 bits per heavy atom. The second-order valence-electron chi connectivity index (χ2n) is 2.53. The van der Waals surface area contributed by atoms with Crippen LogP contribution in [0.4, 0.5) is 0 Å². The lowest BCUT2D eigenvalue weighted by molar-refractivity contribution is -0.155. The van der Waals surface area contributed by atoms with E-state index in [0.717, 1.165) is 0 Å². The van der Waals surface area contributed by atoms with Crippen LogP contribution >= 0.6 is 0 Å². The van der Waals surface area contributed by atoms with Crippen molar-refractivity contribution in [3.05, 3.63) is 0 Å². The van der Waals surface area contributed by atoms with Crippen molar-refractivity contribution in [2.45, 2.75) is 12.5 Å². The Labute approximate surface area is 83.6 Å². The van der Waals surface area contributed by atoms with Gasteiger partial charge < -0.3 is 20.7 Å². The van der Waals surface area contributed by atoms with Gasteiger partial charge in [-0.2, -0.15) is 0 Å². The van der Waals surface area contributed by atoms with Crippen LogP contribution in [-0.2, 0) is 23.9 Å². The van der Waals surface area contributed by atoms with Crippen LogP contribution in [-0.4, -0.2) is 46.6 Å². The Hall–Kier alpha value is -1.96. The van der Waals surface area contributed by atoms with Crippen LogP contribution < -0.4 is 5.73 Å². The van der Waals surface area contributed by atoms with Crippen molar-refractivity contribution in [3.63, 3.8) is 0 Å². The van der Waals surface area contributed by atoms with Gasteiger partial charge in [0.2, 0.25) is 0 Å². The summed E-state index contributed by atoms with van der Waals surface area (Å²) in [5, 5.41) is 16.4. The molecule has 0 aliphatic heterocycles. The molecular weight excluding hydrogens is 210 g/mol. The number of ether oxygens (including phenoxy) is 1. The predicted octanol–water partition coefficient (Wildman–Crippen LogP) is -2.01. The van der Waals surface area contributed by atoms with Gasteiger partial charge in [0.1, 0.15) is 19.1 Å². The Morgan fingerprint density at radius 1 is 1.20 bits per heavy atom. The highest BCUT2D eigenvalue weighted by Crippen LogP contribution is 1.91. The Balaban J connectivity index is 3.91. The van der Waals surface area contributed by atoms with Gasteiger partial charge in [-0.05, 0) is 0 Å². The molecule has 0 radical (unpaired) electrons. The number of hydrogen-bond donors (Lipinski definition) is 3. The molecule has 8 nitrogen and oxygen atoms in total. The molecule has 84 valence electrons. The van der Waals surface area contributed by atoms with E-state index < -0.39 is 42.8 Å². The summed E-state index contributed by atoms with van der Waals surface area (Å²) in [5.74, 6) is -5.58. The average Bonchev–Trinajstić information content (AvgIpc) is 2.13. The fourth-order valence-corrected chi connectivity index (χ4v) is 0.512. The zero-order chi connectivity index (χ0) is 12.0. The smallest absolute Gasteiger partial charge is 0.372 e. The van der Waals surface area contributed by atoms with Gasteiger partial charge in [-0.3, -0.25) is 14.4 Å². The first kappa shape index (κ1) is 13.0. The molecule has 0 aliphatic carbocycles. The Morgan fingerprint density at radius 3 is 2.13 bits per heavy atom. The van der Waals surface area contributed by atoms with Crippen LogP contribution in [0.5, 0.6) is 0 Å². The standard InChI is InChI=1S/C7H9NO7/c8-3(6(11)12)2-15-5(10)1-4(9)7(13)14/h3H,1-2,8H2,(H,11,12)(H,13,14)/t3-/m0/s1. The van der Waals surface area contributed by atoms with E-state index in [9.17, 15) is 19.2 Å². The number of ketones is 1. The van der Waals surface area contributed by atoms with Crippen molar-refractivity contribution in [2.75, 3.05) is 6.61 Å². The maximum Gasteiger partial charge on any atom is 0.372 e. The van der Waals surface area contributed by atoms with Gasteiger partial charge in [-0.25, -0.2) is 4.79 Å². The fraction of sp³-hybridized carbons (Fsp3) is 0.429. The number of carboxylic acids is 2. The highest BCUT2D eigenvalue weighted by atomic mass is 16.5. The zero-order valence-electron chi connectivity index (χ0n) is 7.50. The summed E-state index contributed by atoms with van der Waals surface area (Å²) in [7, 11) is 0. The average molecular weight is 219 g/mol. The summed E-state index contributed by atoms with van der Waals surface area (Å²) in [5.41, 5.74) is 4.98. The molecule has 0 saturated carbocycles. The van der Waals surface area contributed by atoms with Crippen LogP contribution in [0.3, 0.4) is 0 Å². The first-order chi connectivity index (χ1) is 6.84. The summed E-state index contributed by atoms with van der Waals surface area (Å²) >= 11 is 0. The molecule has 8 heteroatoms. The number of carboxylic acid groups (broad SMARTS) is 2. The minimum Gasteiger partial charge on any atom is -0.480 e. The first-order valence-corrected chi connectivity index (χ1v) is 3.74. The van der Waals surface area contributed by atoms with Crippen molar-refractivity contribution in [3.8, 4) is 0 Å². The molecule has 0 aromatic rings. The van der Waals surface area contributed by atoms with Crippen molar-refractivity contribution in [2.24, 2.45) is 5.73 Å². The van der Waals surface area contributed by atoms with E-state index in [1.165, 1.54) is 0 Å². The number of Topliss-reactive ketones (excluding diaryl/α,β-unsaturated/α-hetero) is 1. The quantitative estimate of drug-likeness (QED) is 0.264. The molecule has 0 rings (SSSR count). The number of carbonyl (C=O) groups is 4. The normalized spacial score (nSPS) is 11.5. The number of aliphatic carboxylic acids is 2. The van der Waals surface area contributed by atoms with Crippen LogP contribution in [0.2, 0.25) is 0 Å². The molecule has 0 fully saturated rings. The summed E-state index contributed by atoms with van der Waals surface area (Å²) in [4.78, 5) is 41.4. The largest absolute Gasteiger partial charge is 0.480 e. The number of hydrogen-bond acceptors (Lipinski definition) is 6. The lowest BCUT2D eigenvalue weighted by atomic mass is 10.3. The maximum atomic E-state index is 10.7. The van der Waals surface area contributed by atoms with Crippen molar-refractivity contribution in [1.82, 2.24) is 0 Å². The van der Waals surface area contributed by atoms with Crippen LogP contribution in [0, 0.1) is 0 Å². The van der Waals surface area contributed by atoms with E-state index >= 15 is 0 Å². The molecule has 0 aliphatic rings. The number of rotatable bonds is 6. The van der Waals surface area contributed by atoms with Crippen LogP contribution in [0.25, 0.3) is 0 Å². The monoisotopic (exact) mass is 219 g/mol. The molecule has 0 aromatic carbocycles. The molecule has 0 amide bonds. The van der Waals surface area contributed by atoms with E-state index in [-0.39, 0.29) is 0 Å². The third-order valence-electron chi connectivity index (χ3n) is 1.28. The number of nitrogens with two attached hydrogens (primary N) is 1. The first-order valence-electron chi connectivity index (χ1n) is 3.74. The molecule has 0 unspecified atom stereocenters. The van der Waals surface area contributed by atoms with Crippen LogP contribution in [0.15, 0.2) is 0 Å². The highest BCUT2D eigenvalue weighted by Gasteiger charge is 2.19. The minimum absolute atomic E-state index is 0.610. The molecule has 0 heterocycles. The van der Waals surface area contributed by atoms with E-state index in [1.54, 1.807) is 0 Å². The van der Waals surface area contributed by atoms with Gasteiger partial charge in [-0.1, -0.05) is 0 Å². The van der Waals surface area contributed by atoms with Gasteiger partial charge >= 0.3 is 17.9 Å². The molecule has 0 bridgehead atoms. The van der Waals surface area contributed by atoms with Gasteiger partial charge in [-0.15, -0.1) is 0 Å². The van der Waals surface area contributed by atoms with Gasteiger partial charge in [0, 0.05) is 0 Å². The Kier molecular flexibility index (Phi) is 4.96. The van der Waals surface area contributed by atoms with Crippen molar-refractivity contribution < 1.29 is 34.1 Å². The highest BCUT2D eigenvalue weighted by molar-refractivity contribution is 6.35. The summed E-state index contributed by atoms with van der Waals surface area (Å²) in [6.07, 6.45) is -0.943. The molecular formula is C7H9NO7. The zero-order valence-corrected chi connectivity index (χ0v) is 7.50.